The van der Waals surface area contributed by atoms with Crippen LogP contribution in [0.1, 0.15) is 48.3 Å². The van der Waals surface area contributed by atoms with E-state index >= 15 is 0 Å². The minimum atomic E-state index is -1.08. The van der Waals surface area contributed by atoms with Gasteiger partial charge in [-0.25, -0.2) is 4.79 Å². The number of esters is 1. The van der Waals surface area contributed by atoms with Gasteiger partial charge in [-0.05, 0) is 74.9 Å². The lowest BCUT2D eigenvalue weighted by Gasteiger charge is -2.26. The second kappa shape index (κ2) is 11.0. The summed E-state index contributed by atoms with van der Waals surface area (Å²) < 4.78 is 10.8. The van der Waals surface area contributed by atoms with Crippen LogP contribution in [0.5, 0.6) is 11.5 Å². The van der Waals surface area contributed by atoms with Crippen molar-refractivity contribution >= 4 is 40.7 Å². The predicted molar refractivity (Wildman–Crippen MR) is 143 cm³/mol. The third-order valence-corrected chi connectivity index (χ3v) is 6.19. The topological polar surface area (TPSA) is 113 Å². The highest BCUT2D eigenvalue weighted by atomic mass is 35.5. The first kappa shape index (κ1) is 26.8. The van der Waals surface area contributed by atoms with Crippen molar-refractivity contribution in [3.63, 3.8) is 0 Å². The fourth-order valence-corrected chi connectivity index (χ4v) is 4.43. The van der Waals surface area contributed by atoms with Gasteiger partial charge in [0.1, 0.15) is 17.3 Å². The van der Waals surface area contributed by atoms with Gasteiger partial charge in [0.25, 0.3) is 11.7 Å². The number of carbonyl (C=O) groups is 3. The van der Waals surface area contributed by atoms with Gasteiger partial charge >= 0.3 is 5.97 Å². The number of rotatable bonds is 7. The number of ketones is 1. The van der Waals surface area contributed by atoms with Crippen molar-refractivity contribution in [2.75, 3.05) is 11.5 Å². The number of hydrogen-bond acceptors (Lipinski definition) is 7. The Balaban J connectivity index is 1.91. The van der Waals surface area contributed by atoms with Gasteiger partial charge in [0.2, 0.25) is 0 Å². The van der Waals surface area contributed by atoms with Crippen LogP contribution in [0.25, 0.3) is 5.76 Å². The van der Waals surface area contributed by atoms with Crippen molar-refractivity contribution in [2.24, 2.45) is 0 Å². The van der Waals surface area contributed by atoms with E-state index in [0.29, 0.717) is 17.9 Å². The van der Waals surface area contributed by atoms with Gasteiger partial charge in [-0.2, -0.15) is 0 Å². The van der Waals surface area contributed by atoms with Gasteiger partial charge < -0.3 is 19.7 Å². The molecule has 3 aromatic rings. The van der Waals surface area contributed by atoms with Crippen LogP contribution >= 0.6 is 11.6 Å². The van der Waals surface area contributed by atoms with E-state index in [2.05, 4.69) is 0 Å². The molecule has 1 heterocycles. The smallest absolute Gasteiger partial charge is 0.338 e. The zero-order valence-electron chi connectivity index (χ0n) is 21.0. The van der Waals surface area contributed by atoms with E-state index < -0.39 is 29.5 Å². The highest BCUT2D eigenvalue weighted by molar-refractivity contribution is 6.52. The lowest BCUT2D eigenvalue weighted by Crippen LogP contribution is -2.29. The van der Waals surface area contributed by atoms with Crippen molar-refractivity contribution in [1.29, 1.82) is 0 Å². The van der Waals surface area contributed by atoms with Crippen LogP contribution in [0, 0.1) is 0 Å². The molecule has 196 valence electrons. The summed E-state index contributed by atoms with van der Waals surface area (Å²) in [4.78, 5) is 40.6. The van der Waals surface area contributed by atoms with E-state index in [0.717, 1.165) is 0 Å². The normalized spacial score (nSPS) is 16.7. The molecule has 1 unspecified atom stereocenters. The van der Waals surface area contributed by atoms with Crippen molar-refractivity contribution in [1.82, 2.24) is 0 Å². The molecule has 3 aromatic carbocycles. The molecular weight excluding hydrogens is 510 g/mol. The third kappa shape index (κ3) is 5.21. The van der Waals surface area contributed by atoms with Crippen molar-refractivity contribution in [3.05, 3.63) is 94.0 Å². The Morgan fingerprint density at radius 2 is 1.76 bits per heavy atom. The maximum absolute atomic E-state index is 13.4. The number of aromatic hydroxyl groups is 1. The molecular formula is C29H26ClNO7. The first-order valence-corrected chi connectivity index (χ1v) is 12.3. The minimum Gasteiger partial charge on any atom is -0.508 e. The maximum atomic E-state index is 13.4. The predicted octanol–water partition coefficient (Wildman–Crippen LogP) is 5.64. The molecule has 1 atom stereocenters. The van der Waals surface area contributed by atoms with Crippen LogP contribution in [0.15, 0.2) is 72.3 Å². The molecule has 38 heavy (non-hydrogen) atoms. The molecule has 1 saturated heterocycles. The average molecular weight is 536 g/mol. The molecule has 0 spiro atoms. The number of aliphatic hydroxyl groups excluding tert-OH is 1. The van der Waals surface area contributed by atoms with E-state index in [9.17, 15) is 24.6 Å². The van der Waals surface area contributed by atoms with Crippen LogP contribution in [0.3, 0.4) is 0 Å². The maximum Gasteiger partial charge on any atom is 0.338 e. The SMILES string of the molecule is CCOc1ccc(Cl)c(/C(O)=C2\C(=O)C(=O)N(c3cccc(C(=O)OC(C)C)c3)C2c2ccc(O)cc2)c1. The lowest BCUT2D eigenvalue weighted by molar-refractivity contribution is -0.132. The number of anilines is 1. The van der Waals surface area contributed by atoms with Crippen LogP contribution in [0.2, 0.25) is 5.02 Å². The number of hydrogen-bond donors (Lipinski definition) is 2. The van der Waals surface area contributed by atoms with E-state index in [1.165, 1.54) is 35.2 Å². The molecule has 0 bridgehead atoms. The summed E-state index contributed by atoms with van der Waals surface area (Å²) in [5.74, 6) is -2.50. The first-order valence-electron chi connectivity index (χ1n) is 12.0. The molecule has 9 heteroatoms. The van der Waals surface area contributed by atoms with Gasteiger partial charge in [0.15, 0.2) is 0 Å². The van der Waals surface area contributed by atoms with E-state index in [1.54, 1.807) is 57.2 Å². The number of carbonyl (C=O) groups excluding carboxylic acids is 3. The monoisotopic (exact) mass is 535 g/mol. The number of amides is 1. The summed E-state index contributed by atoms with van der Waals surface area (Å²) in [7, 11) is 0. The number of phenols is 1. The van der Waals surface area contributed by atoms with Gasteiger partial charge in [0, 0.05) is 11.3 Å². The summed E-state index contributed by atoms with van der Waals surface area (Å²) >= 11 is 6.37. The minimum absolute atomic E-state index is 0.0170. The Morgan fingerprint density at radius 1 is 1.05 bits per heavy atom. The molecule has 8 nitrogen and oxygen atoms in total. The van der Waals surface area contributed by atoms with Crippen molar-refractivity contribution < 1.29 is 34.1 Å². The van der Waals surface area contributed by atoms with E-state index in [1.807, 2.05) is 0 Å². The van der Waals surface area contributed by atoms with Crippen LogP contribution in [-0.2, 0) is 14.3 Å². The Hall–Kier alpha value is -4.30. The van der Waals surface area contributed by atoms with Gasteiger partial charge in [-0.15, -0.1) is 0 Å². The molecule has 1 amide bonds. The van der Waals surface area contributed by atoms with Gasteiger partial charge in [0.05, 0.1) is 34.9 Å². The van der Waals surface area contributed by atoms with Crippen molar-refractivity contribution in [2.45, 2.75) is 32.9 Å². The Morgan fingerprint density at radius 3 is 2.42 bits per heavy atom. The first-order chi connectivity index (χ1) is 18.1. The van der Waals surface area contributed by atoms with Crippen LogP contribution in [-0.4, -0.2) is 40.6 Å². The van der Waals surface area contributed by atoms with E-state index in [4.69, 9.17) is 21.1 Å². The molecule has 0 aliphatic carbocycles. The molecule has 0 radical (unpaired) electrons. The number of phenolic OH excluding ortho intramolecular Hbond substituents is 1. The zero-order chi connectivity index (χ0) is 27.6. The molecule has 1 fully saturated rings. The standard InChI is InChI=1S/C29H26ClNO7/c1-4-37-21-12-13-23(30)22(15-21)26(33)24-25(17-8-10-20(32)11-9-17)31(28(35)27(24)34)19-7-5-6-18(14-19)29(36)38-16(2)3/h5-16,25,32-33H,4H2,1-3H3/b26-24+. The van der Waals surface area contributed by atoms with Gasteiger partial charge in [-0.3, -0.25) is 14.5 Å². The number of nitrogens with zero attached hydrogens (tertiary/aromatic N) is 1. The fraction of sp³-hybridized carbons (Fsp3) is 0.207. The number of aliphatic hydroxyl groups is 1. The second-order valence-corrected chi connectivity index (χ2v) is 9.25. The zero-order valence-corrected chi connectivity index (χ0v) is 21.7. The Labute approximate surface area is 224 Å². The van der Waals surface area contributed by atoms with E-state index in [-0.39, 0.29) is 39.3 Å². The molecule has 0 aromatic heterocycles. The highest BCUT2D eigenvalue weighted by Crippen LogP contribution is 2.43. The molecule has 1 aliphatic heterocycles. The number of benzene rings is 3. The second-order valence-electron chi connectivity index (χ2n) is 8.84. The molecule has 4 rings (SSSR count). The summed E-state index contributed by atoms with van der Waals surface area (Å²) in [6, 6.07) is 15.6. The molecule has 2 N–H and O–H groups in total. The number of Topliss-reactive ketones (excluding diaryl/α,β-unsaturated/α-hetero) is 1. The average Bonchev–Trinajstić information content (AvgIpc) is 3.15. The highest BCUT2D eigenvalue weighted by Gasteiger charge is 2.47. The Kier molecular flexibility index (Phi) is 7.73. The largest absolute Gasteiger partial charge is 0.508 e. The van der Waals surface area contributed by atoms with Gasteiger partial charge in [-0.1, -0.05) is 29.8 Å². The molecule has 0 saturated carbocycles. The summed E-state index contributed by atoms with van der Waals surface area (Å²) in [6.07, 6.45) is -0.352. The quantitative estimate of drug-likeness (QED) is 0.174. The third-order valence-electron chi connectivity index (χ3n) is 5.86. The number of ether oxygens (including phenoxy) is 2. The van der Waals surface area contributed by atoms with Crippen LogP contribution in [0.4, 0.5) is 5.69 Å². The Bertz CT molecular complexity index is 1430. The van der Waals surface area contributed by atoms with Crippen LogP contribution < -0.4 is 9.64 Å². The van der Waals surface area contributed by atoms with Crippen molar-refractivity contribution in [3.8, 4) is 11.5 Å². The molecule has 1 aliphatic rings. The summed E-state index contributed by atoms with van der Waals surface area (Å²) in [5.41, 5.74) is 0.794. The lowest BCUT2D eigenvalue weighted by atomic mass is 9.95. The summed E-state index contributed by atoms with van der Waals surface area (Å²) in [6.45, 7) is 5.61. The summed E-state index contributed by atoms with van der Waals surface area (Å²) in [5, 5.41) is 21.4. The fourth-order valence-electron chi connectivity index (χ4n) is 4.22. The number of halogens is 1.